The van der Waals surface area contributed by atoms with E-state index in [1.54, 1.807) is 19.1 Å². The van der Waals surface area contributed by atoms with Gasteiger partial charge in [-0.3, -0.25) is 10.2 Å². The molecular weight excluding hydrogens is 323 g/mol. The lowest BCUT2D eigenvalue weighted by Gasteiger charge is -2.13. The van der Waals surface area contributed by atoms with E-state index in [9.17, 15) is 9.18 Å². The summed E-state index contributed by atoms with van der Waals surface area (Å²) in [6.45, 7) is 1.68. The SMILES string of the molecule is Cc1cc(-c2ccccc2)cc(C(=O)NNSC2CCCC2)c1F. The molecule has 1 fully saturated rings. The molecule has 5 heteroatoms. The van der Waals surface area contributed by atoms with Crippen LogP contribution in [0.3, 0.4) is 0 Å². The molecule has 3 rings (SSSR count). The van der Waals surface area contributed by atoms with Gasteiger partial charge in [0.2, 0.25) is 0 Å². The van der Waals surface area contributed by atoms with E-state index < -0.39 is 11.7 Å². The maximum absolute atomic E-state index is 14.4. The van der Waals surface area contributed by atoms with Crippen molar-refractivity contribution >= 4 is 17.9 Å². The number of amides is 1. The van der Waals surface area contributed by atoms with Gasteiger partial charge in [-0.2, -0.15) is 4.83 Å². The molecule has 0 saturated heterocycles. The van der Waals surface area contributed by atoms with Crippen LogP contribution in [0.5, 0.6) is 0 Å². The average molecular weight is 344 g/mol. The number of hydrogen-bond donors (Lipinski definition) is 2. The summed E-state index contributed by atoms with van der Waals surface area (Å²) in [6, 6.07) is 13.0. The van der Waals surface area contributed by atoms with Crippen LogP contribution in [0.2, 0.25) is 0 Å². The lowest BCUT2D eigenvalue weighted by atomic mass is 9.99. The molecule has 1 aliphatic rings. The van der Waals surface area contributed by atoms with Crippen LogP contribution in [-0.2, 0) is 0 Å². The number of halogens is 1. The molecule has 126 valence electrons. The molecule has 0 aromatic heterocycles. The largest absolute Gasteiger partial charge is 0.277 e. The van der Waals surface area contributed by atoms with E-state index in [2.05, 4.69) is 10.3 Å². The van der Waals surface area contributed by atoms with E-state index >= 15 is 0 Å². The number of hydrogen-bond acceptors (Lipinski definition) is 3. The fourth-order valence-electron chi connectivity index (χ4n) is 2.96. The molecule has 0 atom stereocenters. The molecule has 0 bridgehead atoms. The number of aryl methyl sites for hydroxylation is 1. The third-order valence-electron chi connectivity index (χ3n) is 4.30. The number of carbonyl (C=O) groups is 1. The van der Waals surface area contributed by atoms with Gasteiger partial charge in [-0.05, 0) is 48.6 Å². The fraction of sp³-hybridized carbons (Fsp3) is 0.316. The molecule has 3 nitrogen and oxygen atoms in total. The van der Waals surface area contributed by atoms with Gasteiger partial charge in [0.25, 0.3) is 5.91 Å². The number of nitrogens with one attached hydrogen (secondary N) is 2. The van der Waals surface area contributed by atoms with Crippen LogP contribution < -0.4 is 10.3 Å². The summed E-state index contributed by atoms with van der Waals surface area (Å²) < 4.78 is 14.4. The predicted octanol–water partition coefficient (Wildman–Crippen LogP) is 4.63. The van der Waals surface area contributed by atoms with Gasteiger partial charge in [0.15, 0.2) is 0 Å². The van der Waals surface area contributed by atoms with Crippen molar-refractivity contribution < 1.29 is 9.18 Å². The summed E-state index contributed by atoms with van der Waals surface area (Å²) in [5.41, 5.74) is 4.93. The van der Waals surface area contributed by atoms with E-state index in [-0.39, 0.29) is 5.56 Å². The van der Waals surface area contributed by atoms with Crippen LogP contribution in [0.25, 0.3) is 11.1 Å². The van der Waals surface area contributed by atoms with Crippen LogP contribution in [0.1, 0.15) is 41.6 Å². The molecule has 0 spiro atoms. The van der Waals surface area contributed by atoms with E-state index in [0.717, 1.165) is 24.0 Å². The minimum atomic E-state index is -0.472. The summed E-state index contributed by atoms with van der Waals surface area (Å²) in [7, 11) is 0. The predicted molar refractivity (Wildman–Crippen MR) is 97.0 cm³/mol. The smallest absolute Gasteiger partial charge is 0.269 e. The standard InChI is InChI=1S/C19H21FN2OS/c1-13-11-15(14-7-3-2-4-8-14)12-17(18(13)20)19(23)21-22-24-16-9-5-6-10-16/h2-4,7-8,11-12,16,22H,5-6,9-10H2,1H3,(H,21,23). The van der Waals surface area contributed by atoms with Crippen LogP contribution in [0.4, 0.5) is 4.39 Å². The van der Waals surface area contributed by atoms with Crippen molar-refractivity contribution in [3.8, 4) is 11.1 Å². The van der Waals surface area contributed by atoms with E-state index in [1.807, 2.05) is 30.3 Å². The Bertz CT molecular complexity index is 715. The molecule has 2 aromatic carbocycles. The first-order chi connectivity index (χ1) is 11.6. The molecule has 0 aliphatic heterocycles. The summed E-state index contributed by atoms with van der Waals surface area (Å²) >= 11 is 1.51. The molecule has 2 N–H and O–H groups in total. The Kier molecular flexibility index (Phi) is 5.53. The van der Waals surface area contributed by atoms with Gasteiger partial charge in [-0.1, -0.05) is 55.1 Å². The number of hydrazine groups is 1. The van der Waals surface area contributed by atoms with E-state index in [4.69, 9.17) is 0 Å². The molecule has 0 heterocycles. The summed E-state index contributed by atoms with van der Waals surface area (Å²) in [5, 5.41) is 0.521. The van der Waals surface area contributed by atoms with Gasteiger partial charge in [0.1, 0.15) is 5.82 Å². The maximum atomic E-state index is 14.4. The lowest BCUT2D eigenvalue weighted by Crippen LogP contribution is -2.34. The zero-order valence-corrected chi connectivity index (χ0v) is 14.5. The lowest BCUT2D eigenvalue weighted by molar-refractivity contribution is 0.0943. The second-order valence-electron chi connectivity index (χ2n) is 6.10. The Labute approximate surface area is 146 Å². The highest BCUT2D eigenvalue weighted by Crippen LogP contribution is 2.27. The summed E-state index contributed by atoms with van der Waals surface area (Å²) in [5.74, 6) is -0.918. The Morgan fingerprint density at radius 2 is 1.83 bits per heavy atom. The third kappa shape index (κ3) is 3.97. The minimum absolute atomic E-state index is 0.0633. The van der Waals surface area contributed by atoms with Gasteiger partial charge < -0.3 is 0 Å². The van der Waals surface area contributed by atoms with Crippen LogP contribution in [0.15, 0.2) is 42.5 Å². The molecule has 2 aromatic rings. The van der Waals surface area contributed by atoms with Crippen LogP contribution in [0, 0.1) is 12.7 Å². The average Bonchev–Trinajstić information content (AvgIpc) is 3.11. The zero-order valence-electron chi connectivity index (χ0n) is 13.6. The second-order valence-corrected chi connectivity index (χ2v) is 7.21. The first-order valence-corrected chi connectivity index (χ1v) is 9.09. The number of carbonyl (C=O) groups excluding carboxylic acids is 1. The van der Waals surface area contributed by atoms with E-state index in [1.165, 1.54) is 24.8 Å². The normalized spacial score (nSPS) is 14.8. The molecule has 24 heavy (non-hydrogen) atoms. The number of benzene rings is 2. The summed E-state index contributed by atoms with van der Waals surface area (Å²) in [4.78, 5) is 15.2. The monoisotopic (exact) mass is 344 g/mol. The maximum Gasteiger partial charge on any atom is 0.269 e. The zero-order chi connectivity index (χ0) is 16.9. The first kappa shape index (κ1) is 17.0. The summed E-state index contributed by atoms with van der Waals surface area (Å²) in [6.07, 6.45) is 4.79. The van der Waals surface area contributed by atoms with Gasteiger partial charge in [-0.15, -0.1) is 0 Å². The van der Waals surface area contributed by atoms with Gasteiger partial charge >= 0.3 is 0 Å². The minimum Gasteiger partial charge on any atom is -0.277 e. The van der Waals surface area contributed by atoms with Gasteiger partial charge in [0, 0.05) is 5.25 Å². The Morgan fingerprint density at radius 1 is 1.12 bits per heavy atom. The van der Waals surface area contributed by atoms with Crippen molar-refractivity contribution in [1.82, 2.24) is 10.3 Å². The highest BCUT2D eigenvalue weighted by atomic mass is 32.2. The van der Waals surface area contributed by atoms with Crippen molar-refractivity contribution in [1.29, 1.82) is 0 Å². The van der Waals surface area contributed by atoms with Crippen molar-refractivity contribution in [2.24, 2.45) is 0 Å². The quantitative estimate of drug-likeness (QED) is 0.614. The molecule has 0 radical (unpaired) electrons. The molecule has 1 saturated carbocycles. The van der Waals surface area contributed by atoms with Crippen LogP contribution in [-0.4, -0.2) is 11.2 Å². The molecule has 1 amide bonds. The van der Waals surface area contributed by atoms with Crippen molar-refractivity contribution in [3.05, 3.63) is 59.4 Å². The molecule has 1 aliphatic carbocycles. The Hall–Kier alpha value is -1.85. The van der Waals surface area contributed by atoms with Crippen LogP contribution >= 0.6 is 11.9 Å². The molecular formula is C19H21FN2OS. The Balaban J connectivity index is 1.73. The highest BCUT2D eigenvalue weighted by molar-refractivity contribution is 7.98. The Morgan fingerprint density at radius 3 is 2.54 bits per heavy atom. The highest BCUT2D eigenvalue weighted by Gasteiger charge is 2.18. The first-order valence-electron chi connectivity index (χ1n) is 8.21. The van der Waals surface area contributed by atoms with Gasteiger partial charge in [0.05, 0.1) is 5.56 Å². The second kappa shape index (κ2) is 7.81. The fourth-order valence-corrected chi connectivity index (χ4v) is 3.85. The third-order valence-corrected chi connectivity index (χ3v) is 5.32. The van der Waals surface area contributed by atoms with Crippen molar-refractivity contribution in [2.45, 2.75) is 37.9 Å². The van der Waals surface area contributed by atoms with Crippen molar-refractivity contribution in [2.75, 3.05) is 0 Å². The topological polar surface area (TPSA) is 41.1 Å². The number of rotatable bonds is 5. The van der Waals surface area contributed by atoms with Gasteiger partial charge in [-0.25, -0.2) is 4.39 Å². The van der Waals surface area contributed by atoms with E-state index in [0.29, 0.717) is 10.8 Å². The van der Waals surface area contributed by atoms with Crippen molar-refractivity contribution in [3.63, 3.8) is 0 Å². The molecule has 0 unspecified atom stereocenters.